The van der Waals surface area contributed by atoms with Crippen LogP contribution < -0.4 is 16.0 Å². The number of nitrogens with two attached hydrogens (primary N) is 1. The predicted molar refractivity (Wildman–Crippen MR) is 123 cm³/mol. The number of amides is 1. The van der Waals surface area contributed by atoms with E-state index in [1.54, 1.807) is 12.1 Å². The molecule has 3 rings (SSSR count). The van der Waals surface area contributed by atoms with Crippen molar-refractivity contribution in [3.8, 4) is 0 Å². The SMILES string of the molecule is CC(C)NCC(C(=O)N1CCN(c2ncnc(N)c2C=O)CC1)c1ccc(Cl)cc1Cl. The smallest absolute Gasteiger partial charge is 0.231 e. The van der Waals surface area contributed by atoms with Gasteiger partial charge in [0.25, 0.3) is 0 Å². The Hall–Kier alpha value is -2.42. The zero-order valence-corrected chi connectivity index (χ0v) is 19.0. The second-order valence-electron chi connectivity index (χ2n) is 7.71. The molecular weight excluding hydrogens is 439 g/mol. The summed E-state index contributed by atoms with van der Waals surface area (Å²) in [5, 5.41) is 4.35. The van der Waals surface area contributed by atoms with E-state index in [1.807, 2.05) is 29.7 Å². The highest BCUT2D eigenvalue weighted by molar-refractivity contribution is 6.35. The molecule has 166 valence electrons. The van der Waals surface area contributed by atoms with Crippen LogP contribution in [0.15, 0.2) is 24.5 Å². The maximum atomic E-state index is 13.4. The Kier molecular flexibility index (Phi) is 7.69. The number of nitrogens with one attached hydrogen (secondary N) is 1. The van der Waals surface area contributed by atoms with E-state index in [-0.39, 0.29) is 23.3 Å². The Bertz CT molecular complexity index is 947. The van der Waals surface area contributed by atoms with E-state index >= 15 is 0 Å². The summed E-state index contributed by atoms with van der Waals surface area (Å²) in [6.45, 7) is 6.57. The molecule has 2 heterocycles. The maximum Gasteiger partial charge on any atom is 0.231 e. The Morgan fingerprint density at radius 1 is 1.23 bits per heavy atom. The van der Waals surface area contributed by atoms with Crippen molar-refractivity contribution in [3.05, 3.63) is 45.7 Å². The Morgan fingerprint density at radius 3 is 2.55 bits per heavy atom. The van der Waals surface area contributed by atoms with Gasteiger partial charge in [-0.25, -0.2) is 9.97 Å². The van der Waals surface area contributed by atoms with Gasteiger partial charge in [0, 0.05) is 48.8 Å². The summed E-state index contributed by atoms with van der Waals surface area (Å²) in [5.74, 6) is 0.206. The third kappa shape index (κ3) is 5.44. The van der Waals surface area contributed by atoms with Crippen molar-refractivity contribution in [2.75, 3.05) is 43.4 Å². The van der Waals surface area contributed by atoms with Gasteiger partial charge in [-0.05, 0) is 17.7 Å². The van der Waals surface area contributed by atoms with Crippen LogP contribution in [0.2, 0.25) is 10.0 Å². The van der Waals surface area contributed by atoms with Crippen LogP contribution >= 0.6 is 23.2 Å². The van der Waals surface area contributed by atoms with Crippen LogP contribution in [0.1, 0.15) is 35.7 Å². The van der Waals surface area contributed by atoms with E-state index in [9.17, 15) is 9.59 Å². The van der Waals surface area contributed by atoms with E-state index < -0.39 is 5.92 Å². The van der Waals surface area contributed by atoms with Crippen molar-refractivity contribution in [2.24, 2.45) is 0 Å². The van der Waals surface area contributed by atoms with Gasteiger partial charge in [-0.2, -0.15) is 0 Å². The molecule has 1 unspecified atom stereocenters. The van der Waals surface area contributed by atoms with Crippen molar-refractivity contribution in [1.82, 2.24) is 20.2 Å². The fraction of sp³-hybridized carbons (Fsp3) is 0.429. The molecule has 10 heteroatoms. The lowest BCUT2D eigenvalue weighted by Crippen LogP contribution is -2.51. The average Bonchev–Trinajstić information content (AvgIpc) is 2.74. The van der Waals surface area contributed by atoms with Crippen LogP contribution in [0.5, 0.6) is 0 Å². The third-order valence-electron chi connectivity index (χ3n) is 5.27. The first-order chi connectivity index (χ1) is 14.8. The van der Waals surface area contributed by atoms with Crippen LogP contribution in [0, 0.1) is 0 Å². The third-order valence-corrected chi connectivity index (χ3v) is 5.83. The minimum Gasteiger partial charge on any atom is -0.383 e. The number of benzene rings is 1. The minimum absolute atomic E-state index is 0.00478. The Balaban J connectivity index is 1.76. The molecule has 31 heavy (non-hydrogen) atoms. The molecule has 0 radical (unpaired) electrons. The molecule has 1 atom stereocenters. The first-order valence-corrected chi connectivity index (χ1v) is 10.8. The zero-order valence-electron chi connectivity index (χ0n) is 17.5. The van der Waals surface area contributed by atoms with Crippen LogP contribution in [-0.4, -0.2) is 65.8 Å². The fourth-order valence-corrected chi connectivity index (χ4v) is 4.13. The van der Waals surface area contributed by atoms with Gasteiger partial charge in [0.15, 0.2) is 6.29 Å². The Morgan fingerprint density at radius 2 is 1.94 bits per heavy atom. The second kappa shape index (κ2) is 10.3. The highest BCUT2D eigenvalue weighted by Gasteiger charge is 2.31. The molecule has 1 aromatic carbocycles. The average molecular weight is 465 g/mol. The standard InChI is InChI=1S/C21H26Cl2N6O2/c1-13(2)25-10-16(15-4-3-14(22)9-18(15)23)21(31)29-7-5-28(6-8-29)20-17(11-30)19(24)26-12-27-20/h3-4,9,11-13,16,25H,5-8,10H2,1-2H3,(H2,24,26,27). The van der Waals surface area contributed by atoms with E-state index in [2.05, 4.69) is 15.3 Å². The van der Waals surface area contributed by atoms with E-state index in [0.29, 0.717) is 54.9 Å². The molecule has 0 spiro atoms. The summed E-state index contributed by atoms with van der Waals surface area (Å²) in [5.41, 5.74) is 6.82. The van der Waals surface area contributed by atoms with Crippen LogP contribution in [-0.2, 0) is 4.79 Å². The molecule has 1 fully saturated rings. The number of halogens is 2. The number of hydrogen-bond acceptors (Lipinski definition) is 7. The van der Waals surface area contributed by atoms with Crippen molar-refractivity contribution in [1.29, 1.82) is 0 Å². The van der Waals surface area contributed by atoms with E-state index in [4.69, 9.17) is 28.9 Å². The van der Waals surface area contributed by atoms with Gasteiger partial charge in [-0.15, -0.1) is 0 Å². The summed E-state index contributed by atoms with van der Waals surface area (Å²) < 4.78 is 0. The highest BCUT2D eigenvalue weighted by atomic mass is 35.5. The largest absolute Gasteiger partial charge is 0.383 e. The second-order valence-corrected chi connectivity index (χ2v) is 8.55. The van der Waals surface area contributed by atoms with Gasteiger partial charge in [0.2, 0.25) is 5.91 Å². The lowest BCUT2D eigenvalue weighted by Gasteiger charge is -2.37. The lowest BCUT2D eigenvalue weighted by molar-refractivity contribution is -0.133. The maximum absolute atomic E-state index is 13.4. The van der Waals surface area contributed by atoms with Gasteiger partial charge < -0.3 is 20.9 Å². The monoisotopic (exact) mass is 464 g/mol. The van der Waals surface area contributed by atoms with E-state index in [0.717, 1.165) is 5.56 Å². The molecule has 0 bridgehead atoms. The normalized spacial score (nSPS) is 15.3. The minimum atomic E-state index is -0.432. The van der Waals surface area contributed by atoms with Crippen molar-refractivity contribution in [2.45, 2.75) is 25.8 Å². The predicted octanol–water partition coefficient (Wildman–Crippen LogP) is 2.61. The molecule has 0 aliphatic carbocycles. The van der Waals surface area contributed by atoms with Crippen LogP contribution in [0.25, 0.3) is 0 Å². The summed E-state index contributed by atoms with van der Waals surface area (Å²) in [6, 6.07) is 5.44. The first kappa shape index (κ1) is 23.2. The van der Waals surface area contributed by atoms with Crippen molar-refractivity contribution in [3.63, 3.8) is 0 Å². The molecule has 1 saturated heterocycles. The number of carbonyl (C=O) groups excluding carboxylic acids is 2. The quantitative estimate of drug-likeness (QED) is 0.606. The summed E-state index contributed by atoms with van der Waals surface area (Å²) in [6.07, 6.45) is 2.00. The number of aldehydes is 1. The molecule has 1 aromatic heterocycles. The van der Waals surface area contributed by atoms with Gasteiger partial charge in [0.05, 0.1) is 11.5 Å². The van der Waals surface area contributed by atoms with Crippen LogP contribution in [0.4, 0.5) is 11.6 Å². The molecular formula is C21H26Cl2N6O2. The van der Waals surface area contributed by atoms with Gasteiger partial charge in [0.1, 0.15) is 18.0 Å². The van der Waals surface area contributed by atoms with Crippen molar-refractivity contribution < 1.29 is 9.59 Å². The number of anilines is 2. The number of nitrogens with zero attached hydrogens (tertiary/aromatic N) is 4. The van der Waals surface area contributed by atoms with Crippen molar-refractivity contribution >= 4 is 47.0 Å². The van der Waals surface area contributed by atoms with E-state index in [1.165, 1.54) is 6.33 Å². The number of carbonyl (C=O) groups is 2. The Labute approximate surface area is 191 Å². The fourth-order valence-electron chi connectivity index (χ4n) is 3.59. The number of piperazine rings is 1. The highest BCUT2D eigenvalue weighted by Crippen LogP contribution is 2.30. The molecule has 8 nitrogen and oxygen atoms in total. The number of aromatic nitrogens is 2. The molecule has 1 aliphatic heterocycles. The van der Waals surface area contributed by atoms with Gasteiger partial charge in [-0.1, -0.05) is 43.1 Å². The van der Waals surface area contributed by atoms with Crippen LogP contribution in [0.3, 0.4) is 0 Å². The summed E-state index contributed by atoms with van der Waals surface area (Å²) in [7, 11) is 0. The molecule has 0 saturated carbocycles. The van der Waals surface area contributed by atoms with Gasteiger partial charge >= 0.3 is 0 Å². The number of nitrogen functional groups attached to an aromatic ring is 1. The van der Waals surface area contributed by atoms with Gasteiger partial charge in [-0.3, -0.25) is 9.59 Å². The number of hydrogen-bond donors (Lipinski definition) is 2. The molecule has 2 aromatic rings. The summed E-state index contributed by atoms with van der Waals surface area (Å²) in [4.78, 5) is 36.7. The topological polar surface area (TPSA) is 104 Å². The molecule has 3 N–H and O–H groups in total. The lowest BCUT2D eigenvalue weighted by atomic mass is 9.96. The summed E-state index contributed by atoms with van der Waals surface area (Å²) >= 11 is 12.5. The zero-order chi connectivity index (χ0) is 22.5. The molecule has 1 aliphatic rings. The first-order valence-electron chi connectivity index (χ1n) is 10.1. The number of rotatable bonds is 7. The molecule has 1 amide bonds.